The number of aromatic carboxylic acids is 1. The first-order valence-electron chi connectivity index (χ1n) is 14.3. The van der Waals surface area contributed by atoms with Crippen LogP contribution in [0.5, 0.6) is 5.88 Å². The highest BCUT2D eigenvalue weighted by Crippen LogP contribution is 2.42. The lowest BCUT2D eigenvalue weighted by Gasteiger charge is -2.26. The first kappa shape index (κ1) is 26.3. The van der Waals surface area contributed by atoms with E-state index in [2.05, 4.69) is 53.7 Å². The summed E-state index contributed by atoms with van der Waals surface area (Å²) in [6, 6.07) is 19.5. The van der Waals surface area contributed by atoms with E-state index in [1.54, 1.807) is 5.56 Å². The molecule has 0 bridgehead atoms. The normalized spacial score (nSPS) is 17.1. The number of hydrogen-bond acceptors (Lipinski definition) is 5. The molecule has 1 aliphatic heterocycles. The number of rotatable bonds is 8. The Kier molecular flexibility index (Phi) is 7.39. The number of carboxylic acid groups (broad SMARTS) is 1. The number of fused-ring (bicyclic) bond motifs is 1. The Labute approximate surface area is 235 Å². The van der Waals surface area contributed by atoms with Gasteiger partial charge in [-0.25, -0.2) is 9.78 Å². The zero-order chi connectivity index (χ0) is 27.6. The Morgan fingerprint density at radius 2 is 1.93 bits per heavy atom. The molecule has 206 valence electrons. The maximum Gasteiger partial charge on any atom is 0.342 e. The maximum atomic E-state index is 11.6. The number of ether oxygens (including phenoxy) is 1. The maximum absolute atomic E-state index is 11.6. The van der Waals surface area contributed by atoms with Crippen molar-refractivity contribution in [1.29, 1.82) is 0 Å². The second-order valence-electron chi connectivity index (χ2n) is 10.9. The number of aryl methyl sites for hydroxylation is 2. The predicted molar refractivity (Wildman–Crippen MR) is 156 cm³/mol. The van der Waals surface area contributed by atoms with Crippen LogP contribution in [-0.2, 0) is 19.3 Å². The Balaban J connectivity index is 1.31. The molecule has 2 aliphatic rings. The van der Waals surface area contributed by atoms with E-state index >= 15 is 0 Å². The standard InChI is InChI=1S/C33H36N4O3/c1-3-22-18-21(10-13-26(22)23-14-16-34-17-15-23)19-25-12-11-24-6-4-7-27(31(24)25)29-8-5-9-30(36-29)37-32(40-2)28(20-35-37)33(38)39/h4-10,13,18,20,23,25,34H,3,11-12,14-17,19H2,1-2H3,(H,38,39)/t25-/m1/s1. The molecule has 40 heavy (non-hydrogen) atoms. The summed E-state index contributed by atoms with van der Waals surface area (Å²) in [6.07, 6.45) is 8.01. The molecule has 7 nitrogen and oxygen atoms in total. The minimum atomic E-state index is -1.09. The van der Waals surface area contributed by atoms with Crippen LogP contribution in [-0.4, -0.2) is 46.0 Å². The molecule has 0 spiro atoms. The van der Waals surface area contributed by atoms with Crippen LogP contribution in [0.3, 0.4) is 0 Å². The quantitative estimate of drug-likeness (QED) is 0.290. The third-order valence-electron chi connectivity index (χ3n) is 8.59. The van der Waals surface area contributed by atoms with Crippen LogP contribution in [0.2, 0.25) is 0 Å². The van der Waals surface area contributed by atoms with Gasteiger partial charge in [-0.3, -0.25) is 0 Å². The minimum absolute atomic E-state index is 0.00740. The average Bonchev–Trinajstić information content (AvgIpc) is 3.62. The minimum Gasteiger partial charge on any atom is -0.480 e. The fourth-order valence-electron chi connectivity index (χ4n) is 6.66. The van der Waals surface area contributed by atoms with Gasteiger partial charge in [0.2, 0.25) is 5.88 Å². The topological polar surface area (TPSA) is 89.3 Å². The molecule has 2 N–H and O–H groups in total. The van der Waals surface area contributed by atoms with E-state index in [4.69, 9.17) is 9.72 Å². The van der Waals surface area contributed by atoms with Gasteiger partial charge in [0, 0.05) is 5.56 Å². The van der Waals surface area contributed by atoms with Crippen molar-refractivity contribution in [3.63, 3.8) is 0 Å². The number of carbonyl (C=O) groups is 1. The highest BCUT2D eigenvalue weighted by atomic mass is 16.5. The molecule has 0 saturated carbocycles. The Morgan fingerprint density at radius 1 is 1.10 bits per heavy atom. The van der Waals surface area contributed by atoms with Crippen LogP contribution in [0.25, 0.3) is 17.1 Å². The fraction of sp³-hybridized carbons (Fsp3) is 0.364. The summed E-state index contributed by atoms with van der Waals surface area (Å²) in [5, 5.41) is 17.3. The molecule has 7 heteroatoms. The van der Waals surface area contributed by atoms with E-state index in [1.807, 2.05) is 18.2 Å². The molecule has 4 aromatic rings. The molecule has 1 aliphatic carbocycles. The summed E-state index contributed by atoms with van der Waals surface area (Å²) >= 11 is 0. The van der Waals surface area contributed by atoms with E-state index in [0.717, 1.165) is 50.0 Å². The molecule has 0 radical (unpaired) electrons. The van der Waals surface area contributed by atoms with Crippen LogP contribution in [0.4, 0.5) is 0 Å². The zero-order valence-corrected chi connectivity index (χ0v) is 23.2. The van der Waals surface area contributed by atoms with Crippen molar-refractivity contribution < 1.29 is 14.6 Å². The first-order valence-corrected chi connectivity index (χ1v) is 14.3. The summed E-state index contributed by atoms with van der Waals surface area (Å²) < 4.78 is 6.83. The number of nitrogens with one attached hydrogen (secondary N) is 1. The highest BCUT2D eigenvalue weighted by molar-refractivity contribution is 5.90. The summed E-state index contributed by atoms with van der Waals surface area (Å²) in [7, 11) is 1.45. The molecule has 3 heterocycles. The van der Waals surface area contributed by atoms with E-state index in [0.29, 0.717) is 17.7 Å². The number of hydrogen-bond donors (Lipinski definition) is 2. The van der Waals surface area contributed by atoms with Crippen molar-refractivity contribution in [3.05, 3.63) is 94.2 Å². The Hall–Kier alpha value is -3.97. The van der Waals surface area contributed by atoms with Crippen molar-refractivity contribution >= 4 is 5.97 Å². The summed E-state index contributed by atoms with van der Waals surface area (Å²) in [6.45, 7) is 4.50. The second kappa shape index (κ2) is 11.3. The molecular weight excluding hydrogens is 500 g/mol. The SMILES string of the molecule is CCc1cc(C[C@H]2CCc3cccc(-c4cccc(-n5ncc(C(=O)O)c5OC)n4)c32)ccc1C1CCNCC1. The van der Waals surface area contributed by atoms with Gasteiger partial charge >= 0.3 is 5.97 Å². The number of methoxy groups -OCH3 is 1. The number of benzene rings is 2. The van der Waals surface area contributed by atoms with Gasteiger partial charge < -0.3 is 15.2 Å². The predicted octanol–water partition coefficient (Wildman–Crippen LogP) is 5.94. The van der Waals surface area contributed by atoms with Crippen molar-refractivity contribution in [2.45, 2.75) is 57.3 Å². The molecule has 0 amide bonds. The Morgan fingerprint density at radius 3 is 2.70 bits per heavy atom. The van der Waals surface area contributed by atoms with Gasteiger partial charge in [-0.1, -0.05) is 49.4 Å². The van der Waals surface area contributed by atoms with Crippen LogP contribution in [0.1, 0.15) is 76.2 Å². The number of piperidine rings is 1. The molecule has 2 aromatic heterocycles. The van der Waals surface area contributed by atoms with E-state index in [-0.39, 0.29) is 11.4 Å². The number of pyridine rings is 1. The van der Waals surface area contributed by atoms with Gasteiger partial charge in [0.15, 0.2) is 5.82 Å². The van der Waals surface area contributed by atoms with Crippen LogP contribution >= 0.6 is 0 Å². The van der Waals surface area contributed by atoms with Crippen molar-refractivity contribution in [3.8, 4) is 23.0 Å². The summed E-state index contributed by atoms with van der Waals surface area (Å²) in [5.74, 6) is 0.687. The average molecular weight is 537 g/mol. The molecule has 1 saturated heterocycles. The van der Waals surface area contributed by atoms with Gasteiger partial charge in [0.25, 0.3) is 0 Å². The first-order chi connectivity index (χ1) is 19.6. The number of carboxylic acids is 1. The summed E-state index contributed by atoms with van der Waals surface area (Å²) in [5.41, 5.74) is 9.22. The molecule has 1 fully saturated rings. The van der Waals surface area contributed by atoms with E-state index in [9.17, 15) is 9.90 Å². The van der Waals surface area contributed by atoms with Crippen LogP contribution < -0.4 is 10.1 Å². The molecule has 0 unspecified atom stereocenters. The third kappa shape index (κ3) is 4.90. The van der Waals surface area contributed by atoms with Gasteiger partial charge in [-0.05, 0) is 103 Å². The van der Waals surface area contributed by atoms with Crippen molar-refractivity contribution in [2.75, 3.05) is 20.2 Å². The Bertz CT molecular complexity index is 1540. The second-order valence-corrected chi connectivity index (χ2v) is 10.9. The molecule has 2 aromatic carbocycles. The van der Waals surface area contributed by atoms with Crippen LogP contribution in [0.15, 0.2) is 60.8 Å². The fourth-order valence-corrected chi connectivity index (χ4v) is 6.66. The van der Waals surface area contributed by atoms with E-state index < -0.39 is 5.97 Å². The lowest BCUT2D eigenvalue weighted by molar-refractivity contribution is 0.0693. The molecule has 6 rings (SSSR count). The van der Waals surface area contributed by atoms with E-state index in [1.165, 1.54) is 53.1 Å². The largest absolute Gasteiger partial charge is 0.480 e. The van der Waals surface area contributed by atoms with Gasteiger partial charge in [0.1, 0.15) is 5.56 Å². The molecule has 1 atom stereocenters. The highest BCUT2D eigenvalue weighted by Gasteiger charge is 2.27. The number of nitrogens with zero attached hydrogens (tertiary/aromatic N) is 3. The smallest absolute Gasteiger partial charge is 0.342 e. The lowest BCUT2D eigenvalue weighted by atomic mass is 9.83. The third-order valence-corrected chi connectivity index (χ3v) is 8.59. The monoisotopic (exact) mass is 536 g/mol. The van der Waals surface area contributed by atoms with Crippen LogP contribution in [0, 0.1) is 0 Å². The zero-order valence-electron chi connectivity index (χ0n) is 23.2. The van der Waals surface area contributed by atoms with Gasteiger partial charge in [0.05, 0.1) is 19.0 Å². The van der Waals surface area contributed by atoms with Crippen molar-refractivity contribution in [2.24, 2.45) is 0 Å². The van der Waals surface area contributed by atoms with Gasteiger partial charge in [-0.2, -0.15) is 9.78 Å². The number of aromatic nitrogens is 3. The lowest BCUT2D eigenvalue weighted by Crippen LogP contribution is -2.27. The summed E-state index contributed by atoms with van der Waals surface area (Å²) in [4.78, 5) is 16.5. The van der Waals surface area contributed by atoms with Gasteiger partial charge in [-0.15, -0.1) is 0 Å². The molecular formula is C33H36N4O3. The van der Waals surface area contributed by atoms with Crippen molar-refractivity contribution in [1.82, 2.24) is 20.1 Å².